The van der Waals surface area contributed by atoms with Crippen LogP contribution < -0.4 is 10.6 Å². The maximum atomic E-state index is 11.3. The van der Waals surface area contributed by atoms with E-state index in [1.807, 2.05) is 0 Å². The number of hydrogen-bond donors (Lipinski definition) is 2. The highest BCUT2D eigenvalue weighted by Gasteiger charge is 2.02. The van der Waals surface area contributed by atoms with Gasteiger partial charge < -0.3 is 15.5 Å². The van der Waals surface area contributed by atoms with Crippen LogP contribution in [-0.2, 0) is 4.79 Å². The maximum absolute atomic E-state index is 11.3. The minimum atomic E-state index is 0.0504. The predicted octanol–water partition coefficient (Wildman–Crippen LogP) is 0.610. The van der Waals surface area contributed by atoms with Gasteiger partial charge in [0.15, 0.2) is 0 Å². The molecular formula is C12H25N3O. The minimum absolute atomic E-state index is 0.0504. The number of hydrogen-bond acceptors (Lipinski definition) is 3. The van der Waals surface area contributed by atoms with E-state index in [-0.39, 0.29) is 5.91 Å². The molecule has 4 heteroatoms. The molecule has 0 aliphatic rings. The molecular weight excluding hydrogens is 202 g/mol. The van der Waals surface area contributed by atoms with Crippen molar-refractivity contribution in [2.75, 3.05) is 39.3 Å². The molecule has 0 atom stereocenters. The van der Waals surface area contributed by atoms with E-state index >= 15 is 0 Å². The Morgan fingerprint density at radius 2 is 2.12 bits per heavy atom. The second-order valence-corrected chi connectivity index (χ2v) is 3.70. The molecule has 4 nitrogen and oxygen atoms in total. The molecule has 0 saturated carbocycles. The fourth-order valence-electron chi connectivity index (χ4n) is 1.45. The topological polar surface area (TPSA) is 44.4 Å². The van der Waals surface area contributed by atoms with Crippen LogP contribution in [0, 0.1) is 0 Å². The first-order valence-electron chi connectivity index (χ1n) is 6.05. The molecule has 16 heavy (non-hydrogen) atoms. The molecule has 0 aromatic rings. The molecule has 94 valence electrons. The maximum Gasteiger partial charge on any atom is 0.234 e. The van der Waals surface area contributed by atoms with Gasteiger partial charge >= 0.3 is 0 Å². The first kappa shape index (κ1) is 15.1. The van der Waals surface area contributed by atoms with Gasteiger partial charge in [0.2, 0.25) is 5.91 Å². The molecule has 0 heterocycles. The van der Waals surface area contributed by atoms with E-state index in [0.29, 0.717) is 13.1 Å². The zero-order valence-electron chi connectivity index (χ0n) is 10.6. The summed E-state index contributed by atoms with van der Waals surface area (Å²) < 4.78 is 0. The van der Waals surface area contributed by atoms with E-state index in [4.69, 9.17) is 0 Å². The number of nitrogens with one attached hydrogen (secondary N) is 2. The van der Waals surface area contributed by atoms with Crippen molar-refractivity contribution in [3.05, 3.63) is 12.7 Å². The van der Waals surface area contributed by atoms with Crippen LogP contribution in [0.5, 0.6) is 0 Å². The Balaban J connectivity index is 3.47. The predicted molar refractivity (Wildman–Crippen MR) is 68.5 cm³/mol. The first-order chi connectivity index (χ1) is 7.74. The molecule has 0 radical (unpaired) electrons. The molecule has 0 aliphatic carbocycles. The van der Waals surface area contributed by atoms with Crippen molar-refractivity contribution in [3.63, 3.8) is 0 Å². The highest BCUT2D eigenvalue weighted by atomic mass is 16.1. The Kier molecular flexibility index (Phi) is 10.1. The van der Waals surface area contributed by atoms with Crippen molar-refractivity contribution in [2.45, 2.75) is 20.3 Å². The molecule has 1 amide bonds. The molecule has 0 spiro atoms. The average molecular weight is 227 g/mol. The Labute approximate surface area is 99.1 Å². The number of amides is 1. The summed E-state index contributed by atoms with van der Waals surface area (Å²) in [5, 5.41) is 5.86. The second-order valence-electron chi connectivity index (χ2n) is 3.70. The summed E-state index contributed by atoms with van der Waals surface area (Å²) in [5.41, 5.74) is 0. The molecule has 0 unspecified atom stereocenters. The van der Waals surface area contributed by atoms with Crippen molar-refractivity contribution in [1.29, 1.82) is 0 Å². The fourth-order valence-corrected chi connectivity index (χ4v) is 1.45. The number of rotatable bonds is 10. The van der Waals surface area contributed by atoms with Gasteiger partial charge in [-0.3, -0.25) is 4.79 Å². The summed E-state index contributed by atoms with van der Waals surface area (Å²) in [4.78, 5) is 13.6. The van der Waals surface area contributed by atoms with Crippen molar-refractivity contribution in [1.82, 2.24) is 15.5 Å². The van der Waals surface area contributed by atoms with Crippen LogP contribution >= 0.6 is 0 Å². The number of nitrogens with zero attached hydrogens (tertiary/aromatic N) is 1. The van der Waals surface area contributed by atoms with Crippen molar-refractivity contribution in [2.24, 2.45) is 0 Å². The van der Waals surface area contributed by atoms with E-state index in [9.17, 15) is 4.79 Å². The monoisotopic (exact) mass is 227 g/mol. The molecule has 0 fully saturated rings. The molecule has 0 aromatic heterocycles. The summed E-state index contributed by atoms with van der Waals surface area (Å²) >= 11 is 0. The van der Waals surface area contributed by atoms with Gasteiger partial charge in [-0.2, -0.15) is 0 Å². The van der Waals surface area contributed by atoms with Crippen LogP contribution in [0.2, 0.25) is 0 Å². The normalized spacial score (nSPS) is 10.4. The average Bonchev–Trinajstić information content (AvgIpc) is 2.28. The smallest absolute Gasteiger partial charge is 0.234 e. The zero-order valence-corrected chi connectivity index (χ0v) is 10.6. The van der Waals surface area contributed by atoms with Gasteiger partial charge in [-0.25, -0.2) is 0 Å². The molecule has 0 bridgehead atoms. The molecule has 2 N–H and O–H groups in total. The third-order valence-electron chi connectivity index (χ3n) is 2.31. The summed E-state index contributed by atoms with van der Waals surface area (Å²) in [6.07, 6.45) is 2.90. The quantitative estimate of drug-likeness (QED) is 0.424. The summed E-state index contributed by atoms with van der Waals surface area (Å²) in [6, 6.07) is 0. The van der Waals surface area contributed by atoms with E-state index in [1.54, 1.807) is 6.08 Å². The Morgan fingerprint density at radius 3 is 2.69 bits per heavy atom. The SMILES string of the molecule is C=CCNCC(=O)NCCN(CC)CCC. The number of carbonyl (C=O) groups excluding carboxylic acids is 1. The van der Waals surface area contributed by atoms with E-state index < -0.39 is 0 Å². The van der Waals surface area contributed by atoms with Crippen LogP contribution in [0.3, 0.4) is 0 Å². The van der Waals surface area contributed by atoms with Gasteiger partial charge in [-0.15, -0.1) is 6.58 Å². The van der Waals surface area contributed by atoms with Gasteiger partial charge in [0.25, 0.3) is 0 Å². The van der Waals surface area contributed by atoms with Crippen LogP contribution in [-0.4, -0.2) is 50.1 Å². The molecule has 0 saturated heterocycles. The van der Waals surface area contributed by atoms with Crippen LogP contribution in [0.4, 0.5) is 0 Å². The van der Waals surface area contributed by atoms with Crippen LogP contribution in [0.15, 0.2) is 12.7 Å². The summed E-state index contributed by atoms with van der Waals surface area (Å²) in [6.45, 7) is 12.7. The van der Waals surface area contributed by atoms with Crippen LogP contribution in [0.1, 0.15) is 20.3 Å². The van der Waals surface area contributed by atoms with E-state index in [0.717, 1.165) is 32.6 Å². The lowest BCUT2D eigenvalue weighted by Crippen LogP contribution is -2.39. The Morgan fingerprint density at radius 1 is 1.38 bits per heavy atom. The van der Waals surface area contributed by atoms with E-state index in [2.05, 4.69) is 36.0 Å². The largest absolute Gasteiger partial charge is 0.354 e. The highest BCUT2D eigenvalue weighted by molar-refractivity contribution is 5.77. The molecule has 0 rings (SSSR count). The second kappa shape index (κ2) is 10.6. The minimum Gasteiger partial charge on any atom is -0.354 e. The summed E-state index contributed by atoms with van der Waals surface area (Å²) in [7, 11) is 0. The van der Waals surface area contributed by atoms with Gasteiger partial charge in [0.1, 0.15) is 0 Å². The van der Waals surface area contributed by atoms with Gasteiger partial charge in [-0.1, -0.05) is 19.9 Å². The van der Waals surface area contributed by atoms with Crippen molar-refractivity contribution < 1.29 is 4.79 Å². The molecule has 0 aliphatic heterocycles. The third-order valence-corrected chi connectivity index (χ3v) is 2.31. The highest BCUT2D eigenvalue weighted by Crippen LogP contribution is 1.88. The zero-order chi connectivity index (χ0) is 12.2. The Bertz CT molecular complexity index is 195. The van der Waals surface area contributed by atoms with Crippen LogP contribution in [0.25, 0.3) is 0 Å². The lowest BCUT2D eigenvalue weighted by atomic mass is 10.4. The first-order valence-corrected chi connectivity index (χ1v) is 6.05. The summed E-state index contributed by atoms with van der Waals surface area (Å²) in [5.74, 6) is 0.0504. The van der Waals surface area contributed by atoms with Crippen molar-refractivity contribution in [3.8, 4) is 0 Å². The number of likely N-dealkylation sites (N-methyl/N-ethyl adjacent to an activating group) is 1. The van der Waals surface area contributed by atoms with Gasteiger partial charge in [0, 0.05) is 19.6 Å². The molecule has 0 aromatic carbocycles. The standard InChI is InChI=1S/C12H25N3O/c1-4-7-13-11-12(16)14-8-10-15(6-3)9-5-2/h4,13H,1,5-11H2,2-3H3,(H,14,16). The van der Waals surface area contributed by atoms with Gasteiger partial charge in [-0.05, 0) is 19.5 Å². The lowest BCUT2D eigenvalue weighted by Gasteiger charge is -2.19. The van der Waals surface area contributed by atoms with E-state index in [1.165, 1.54) is 0 Å². The Hall–Kier alpha value is -0.870. The van der Waals surface area contributed by atoms with Crippen molar-refractivity contribution >= 4 is 5.91 Å². The lowest BCUT2D eigenvalue weighted by molar-refractivity contribution is -0.120. The number of carbonyl (C=O) groups is 1. The van der Waals surface area contributed by atoms with Gasteiger partial charge in [0.05, 0.1) is 6.54 Å². The fraction of sp³-hybridized carbons (Fsp3) is 0.750. The third kappa shape index (κ3) is 8.44.